The predicted molar refractivity (Wildman–Crippen MR) is 130 cm³/mol. The zero-order valence-electron chi connectivity index (χ0n) is 20.7. The fourth-order valence-corrected chi connectivity index (χ4v) is 6.70. The van der Waals surface area contributed by atoms with Crippen molar-refractivity contribution < 1.29 is 14.7 Å². The molecule has 3 aliphatic rings. The summed E-state index contributed by atoms with van der Waals surface area (Å²) in [5, 5.41) is 12.9. The topological polar surface area (TPSA) is 98.9 Å². The normalized spacial score (nSPS) is 32.5. The molecule has 2 aliphatic carbocycles. The van der Waals surface area contributed by atoms with Gasteiger partial charge in [0.2, 0.25) is 11.8 Å². The third-order valence-electron chi connectivity index (χ3n) is 9.31. The van der Waals surface area contributed by atoms with E-state index in [1.165, 1.54) is 18.2 Å². The van der Waals surface area contributed by atoms with Gasteiger partial charge in [-0.15, -0.1) is 0 Å². The molecule has 1 saturated heterocycles. The van der Waals surface area contributed by atoms with Gasteiger partial charge >= 0.3 is 0 Å². The third-order valence-corrected chi connectivity index (χ3v) is 9.31. The Balaban J connectivity index is 1.52. The molecule has 3 fully saturated rings. The highest BCUT2D eigenvalue weighted by molar-refractivity contribution is 5.86. The number of benzene rings is 1. The summed E-state index contributed by atoms with van der Waals surface area (Å²) in [6, 6.07) is 7.10. The molecule has 4 rings (SSSR count). The average Bonchev–Trinajstić information content (AvgIpc) is 3.11. The number of aliphatic hydroxyl groups excluding tert-OH is 1. The van der Waals surface area contributed by atoms with Crippen LogP contribution in [0.5, 0.6) is 0 Å². The minimum atomic E-state index is -0.996. The van der Waals surface area contributed by atoms with Gasteiger partial charge in [-0.05, 0) is 55.1 Å². The molecular formula is C26H40N4O3. The van der Waals surface area contributed by atoms with E-state index < -0.39 is 12.1 Å². The number of carbonyl (C=O) groups is 2. The van der Waals surface area contributed by atoms with Crippen LogP contribution in [0, 0.1) is 29.6 Å². The highest BCUT2D eigenvalue weighted by atomic mass is 16.3. The van der Waals surface area contributed by atoms with Gasteiger partial charge in [-0.2, -0.15) is 0 Å². The molecule has 7 heteroatoms. The van der Waals surface area contributed by atoms with Gasteiger partial charge in [-0.3, -0.25) is 9.59 Å². The minimum absolute atomic E-state index is 0.0663. The lowest BCUT2D eigenvalue weighted by Crippen LogP contribution is -2.59. The molecule has 182 valence electrons. The van der Waals surface area contributed by atoms with Crippen LogP contribution in [0.15, 0.2) is 24.3 Å². The van der Waals surface area contributed by atoms with Crippen LogP contribution in [0.4, 0.5) is 5.69 Å². The molecule has 1 aromatic carbocycles. The number of nitrogens with one attached hydrogen (secondary N) is 1. The van der Waals surface area contributed by atoms with Crippen LogP contribution in [0.3, 0.4) is 0 Å². The van der Waals surface area contributed by atoms with Gasteiger partial charge in [-0.25, -0.2) is 0 Å². The van der Waals surface area contributed by atoms with E-state index in [0.29, 0.717) is 13.1 Å². The number of aryl methyl sites for hydroxylation is 1. The number of nitrogens with zero attached hydrogens (tertiary/aromatic N) is 2. The number of aliphatic hydroxyl groups is 1. The standard InChI is InChI=1S/C26H40N4O3/c1-16-8-6-7-9-19(16)29-12-14-30(15-13-29)24(33)20-18-10-11-26(5,25(18,3)4)22(20)28-23(32)21(27)17(2)31/h6-9,17-18,20-22,31H,10-15,27H2,1-5H3,(H,28,32)/t17?,18?,20?,21?,22?,26-/m0/s1. The van der Waals surface area contributed by atoms with Gasteiger partial charge in [0.1, 0.15) is 6.04 Å². The van der Waals surface area contributed by atoms with Crippen LogP contribution in [0.25, 0.3) is 0 Å². The van der Waals surface area contributed by atoms with Gasteiger partial charge in [0, 0.05) is 37.9 Å². The molecule has 4 N–H and O–H groups in total. The fraction of sp³-hybridized carbons (Fsp3) is 0.692. The molecule has 5 unspecified atom stereocenters. The van der Waals surface area contributed by atoms with Crippen molar-refractivity contribution in [3.8, 4) is 0 Å². The Morgan fingerprint density at radius 2 is 1.79 bits per heavy atom. The van der Waals surface area contributed by atoms with E-state index in [1.54, 1.807) is 0 Å². The lowest BCUT2D eigenvalue weighted by atomic mass is 9.69. The van der Waals surface area contributed by atoms with Crippen molar-refractivity contribution in [3.63, 3.8) is 0 Å². The molecule has 1 heterocycles. The van der Waals surface area contributed by atoms with Crippen molar-refractivity contribution in [1.29, 1.82) is 0 Å². The largest absolute Gasteiger partial charge is 0.391 e. The van der Waals surface area contributed by atoms with Gasteiger partial charge in [0.25, 0.3) is 0 Å². The lowest BCUT2D eigenvalue weighted by molar-refractivity contribution is -0.140. The monoisotopic (exact) mass is 456 g/mol. The van der Waals surface area contributed by atoms with Crippen molar-refractivity contribution in [2.75, 3.05) is 31.1 Å². The summed E-state index contributed by atoms with van der Waals surface area (Å²) in [5.74, 6) is -0.259. The van der Waals surface area contributed by atoms with Crippen molar-refractivity contribution in [1.82, 2.24) is 10.2 Å². The van der Waals surface area contributed by atoms with E-state index in [4.69, 9.17) is 5.73 Å². The predicted octanol–water partition coefficient (Wildman–Crippen LogP) is 1.91. The van der Waals surface area contributed by atoms with E-state index in [2.05, 4.69) is 56.1 Å². The fourth-order valence-electron chi connectivity index (χ4n) is 6.70. The number of piperazine rings is 1. The third kappa shape index (κ3) is 3.83. The molecule has 2 saturated carbocycles. The zero-order valence-corrected chi connectivity index (χ0v) is 20.7. The van der Waals surface area contributed by atoms with Crippen LogP contribution in [0.1, 0.15) is 46.1 Å². The van der Waals surface area contributed by atoms with Crippen LogP contribution >= 0.6 is 0 Å². The molecule has 0 spiro atoms. The SMILES string of the molecule is Cc1ccccc1N1CCN(C(=O)C2C3CC[C@@](C)(C2NC(=O)C(N)C(C)O)C3(C)C)CC1. The molecule has 6 atom stereocenters. The van der Waals surface area contributed by atoms with Crippen molar-refractivity contribution >= 4 is 17.5 Å². The Bertz CT molecular complexity index is 909. The molecule has 1 aliphatic heterocycles. The summed E-state index contributed by atoms with van der Waals surface area (Å²) in [6.07, 6.45) is 1.04. The van der Waals surface area contributed by atoms with E-state index in [9.17, 15) is 14.7 Å². The number of para-hydroxylation sites is 1. The van der Waals surface area contributed by atoms with Gasteiger partial charge < -0.3 is 26.0 Å². The van der Waals surface area contributed by atoms with E-state index in [-0.39, 0.29) is 40.5 Å². The first-order valence-electron chi connectivity index (χ1n) is 12.3. The summed E-state index contributed by atoms with van der Waals surface area (Å²) in [4.78, 5) is 31.1. The first kappa shape index (κ1) is 24.0. The maximum Gasteiger partial charge on any atom is 0.239 e. The van der Waals surface area contributed by atoms with Crippen molar-refractivity contribution in [3.05, 3.63) is 29.8 Å². The number of carbonyl (C=O) groups excluding carboxylic acids is 2. The summed E-state index contributed by atoms with van der Waals surface area (Å²) in [7, 11) is 0. The summed E-state index contributed by atoms with van der Waals surface area (Å²) < 4.78 is 0. The van der Waals surface area contributed by atoms with Gasteiger partial charge in [0.05, 0.1) is 12.0 Å². The Morgan fingerprint density at radius 1 is 1.15 bits per heavy atom. The number of hydrogen-bond acceptors (Lipinski definition) is 5. The zero-order chi connectivity index (χ0) is 24.1. The van der Waals surface area contributed by atoms with Crippen LogP contribution in [-0.2, 0) is 9.59 Å². The molecule has 1 aromatic rings. The first-order chi connectivity index (χ1) is 15.5. The number of hydrogen-bond donors (Lipinski definition) is 3. The quantitative estimate of drug-likeness (QED) is 0.629. The van der Waals surface area contributed by atoms with E-state index in [1.807, 2.05) is 11.0 Å². The molecule has 0 radical (unpaired) electrons. The Kier molecular flexibility index (Phi) is 6.25. The summed E-state index contributed by atoms with van der Waals surface area (Å²) in [6.45, 7) is 13.3. The lowest BCUT2D eigenvalue weighted by Gasteiger charge is -2.43. The number of anilines is 1. The molecule has 2 amide bonds. The number of fused-ring (bicyclic) bond motifs is 2. The first-order valence-corrected chi connectivity index (χ1v) is 12.3. The maximum absolute atomic E-state index is 13.9. The van der Waals surface area contributed by atoms with E-state index >= 15 is 0 Å². The molecule has 2 bridgehead atoms. The van der Waals surface area contributed by atoms with Crippen LogP contribution < -0.4 is 16.0 Å². The second kappa shape index (κ2) is 8.58. The smallest absolute Gasteiger partial charge is 0.239 e. The Labute approximate surface area is 197 Å². The highest BCUT2D eigenvalue weighted by Crippen LogP contribution is 2.67. The molecule has 33 heavy (non-hydrogen) atoms. The second-order valence-electron chi connectivity index (χ2n) is 11.2. The Hall–Kier alpha value is -2.12. The number of amides is 2. The van der Waals surface area contributed by atoms with Crippen molar-refractivity contribution in [2.24, 2.45) is 28.4 Å². The van der Waals surface area contributed by atoms with Gasteiger partial charge in [-0.1, -0.05) is 39.0 Å². The minimum Gasteiger partial charge on any atom is -0.391 e. The van der Waals surface area contributed by atoms with E-state index in [0.717, 1.165) is 25.9 Å². The van der Waals surface area contributed by atoms with Crippen LogP contribution in [-0.4, -0.2) is 66.2 Å². The molecular weight excluding hydrogens is 416 g/mol. The number of rotatable bonds is 5. The van der Waals surface area contributed by atoms with Gasteiger partial charge in [0.15, 0.2) is 0 Å². The summed E-state index contributed by atoms with van der Waals surface area (Å²) in [5.41, 5.74) is 8.16. The average molecular weight is 457 g/mol. The Morgan fingerprint density at radius 3 is 2.39 bits per heavy atom. The van der Waals surface area contributed by atoms with Crippen molar-refractivity contribution in [2.45, 2.75) is 65.6 Å². The summed E-state index contributed by atoms with van der Waals surface area (Å²) >= 11 is 0. The number of nitrogens with two attached hydrogens (primary N) is 1. The highest BCUT2D eigenvalue weighted by Gasteiger charge is 2.68. The second-order valence-corrected chi connectivity index (χ2v) is 11.2. The maximum atomic E-state index is 13.9. The molecule has 0 aromatic heterocycles. The van der Waals surface area contributed by atoms with Crippen LogP contribution in [0.2, 0.25) is 0 Å². The molecule has 7 nitrogen and oxygen atoms in total.